The van der Waals surface area contributed by atoms with E-state index >= 15 is 0 Å². The summed E-state index contributed by atoms with van der Waals surface area (Å²) in [5, 5.41) is 20.0. The van der Waals surface area contributed by atoms with Gasteiger partial charge in [-0.2, -0.15) is 0 Å². The van der Waals surface area contributed by atoms with E-state index < -0.39 is 17.1 Å². The lowest BCUT2D eigenvalue weighted by atomic mass is 9.89. The fourth-order valence-corrected chi connectivity index (χ4v) is 2.84. The third-order valence-electron chi connectivity index (χ3n) is 4.07. The van der Waals surface area contributed by atoms with Crippen molar-refractivity contribution in [2.45, 2.75) is 18.8 Å². The molecule has 0 saturated heterocycles. The average Bonchev–Trinajstić information content (AvgIpc) is 2.57. The second kappa shape index (κ2) is 5.92. The van der Waals surface area contributed by atoms with Crippen LogP contribution in [0.25, 0.3) is 11.0 Å². The van der Waals surface area contributed by atoms with Crippen molar-refractivity contribution < 1.29 is 28.9 Å². The van der Waals surface area contributed by atoms with E-state index in [1.54, 1.807) is 6.08 Å². The zero-order chi connectivity index (χ0) is 17.4. The first kappa shape index (κ1) is 15.9. The maximum Gasteiger partial charge on any atom is 0.238 e. The Morgan fingerprint density at radius 2 is 1.92 bits per heavy atom. The Labute approximate surface area is 136 Å². The number of Topliss-reactive ketones (excluding diaryl/α,β-unsaturated/α-hetero) is 1. The van der Waals surface area contributed by atoms with Gasteiger partial charge >= 0.3 is 0 Å². The molecule has 0 amide bonds. The van der Waals surface area contributed by atoms with Crippen LogP contribution in [-0.2, 0) is 9.53 Å². The molecule has 3 rings (SSSR count). The number of phenolic OH excluding ortho intramolecular Hbond substituents is 1. The summed E-state index contributed by atoms with van der Waals surface area (Å²) in [5.41, 5.74) is -0.668. The molecule has 1 aliphatic carbocycles. The first-order chi connectivity index (χ1) is 11.5. The van der Waals surface area contributed by atoms with E-state index in [9.17, 15) is 19.8 Å². The zero-order valence-corrected chi connectivity index (χ0v) is 13.2. The predicted molar refractivity (Wildman–Crippen MR) is 84.4 cm³/mol. The molecule has 24 heavy (non-hydrogen) atoms. The van der Waals surface area contributed by atoms with Crippen molar-refractivity contribution in [1.82, 2.24) is 0 Å². The Morgan fingerprint density at radius 1 is 1.17 bits per heavy atom. The van der Waals surface area contributed by atoms with E-state index in [1.807, 2.05) is 0 Å². The van der Waals surface area contributed by atoms with Crippen LogP contribution in [0.5, 0.6) is 17.2 Å². The number of benzene rings is 1. The number of carbonyl (C=O) groups excluding carboxylic acids is 1. The molecular formula is C17H16O7. The predicted octanol–water partition coefficient (Wildman–Crippen LogP) is 2.19. The average molecular weight is 332 g/mol. The molecule has 0 unspecified atom stereocenters. The van der Waals surface area contributed by atoms with Crippen LogP contribution in [-0.4, -0.2) is 30.2 Å². The summed E-state index contributed by atoms with van der Waals surface area (Å²) in [4.78, 5) is 24.3. The summed E-state index contributed by atoms with van der Waals surface area (Å²) in [6.07, 6.45) is 2.04. The normalized spacial score (nSPS) is 17.7. The van der Waals surface area contributed by atoms with Crippen molar-refractivity contribution in [1.29, 1.82) is 0 Å². The third kappa shape index (κ3) is 2.47. The lowest BCUT2D eigenvalue weighted by Gasteiger charge is -2.20. The van der Waals surface area contributed by atoms with Crippen LogP contribution < -0.4 is 10.2 Å². The number of methoxy groups -OCH3 is 2. The lowest BCUT2D eigenvalue weighted by Crippen LogP contribution is -2.17. The largest absolute Gasteiger partial charge is 0.507 e. The first-order valence-corrected chi connectivity index (χ1v) is 7.30. The molecule has 1 atom stereocenters. The summed E-state index contributed by atoms with van der Waals surface area (Å²) in [6.45, 7) is 0. The van der Waals surface area contributed by atoms with Gasteiger partial charge in [0.25, 0.3) is 0 Å². The van der Waals surface area contributed by atoms with Gasteiger partial charge in [0.1, 0.15) is 22.5 Å². The minimum absolute atomic E-state index is 0.0138. The monoisotopic (exact) mass is 332 g/mol. The standard InChI is InChI=1S/C17H16O7/c1-22-9-6-11(19)14-13(7-9)24-17(16(21)15(14)20)8-3-4-12(23-2)10(18)5-8/h4,6-8,19,21H,3,5H2,1-2H3/t8-/m0/s1. The summed E-state index contributed by atoms with van der Waals surface area (Å²) >= 11 is 0. The lowest BCUT2D eigenvalue weighted by molar-refractivity contribution is -0.119. The van der Waals surface area contributed by atoms with Crippen molar-refractivity contribution in [2.75, 3.05) is 14.2 Å². The van der Waals surface area contributed by atoms with Crippen molar-refractivity contribution in [3.05, 3.63) is 40.0 Å². The molecule has 0 spiro atoms. The smallest absolute Gasteiger partial charge is 0.238 e. The van der Waals surface area contributed by atoms with Crippen LogP contribution in [0.1, 0.15) is 24.5 Å². The molecule has 7 heteroatoms. The number of hydrogen-bond donors (Lipinski definition) is 2. The Balaban J connectivity index is 2.16. The van der Waals surface area contributed by atoms with Crippen LogP contribution >= 0.6 is 0 Å². The van der Waals surface area contributed by atoms with Crippen LogP contribution in [0.3, 0.4) is 0 Å². The van der Waals surface area contributed by atoms with Crippen LogP contribution in [0.15, 0.2) is 33.2 Å². The van der Waals surface area contributed by atoms with E-state index in [0.717, 1.165) is 0 Å². The highest BCUT2D eigenvalue weighted by Gasteiger charge is 2.30. The molecule has 1 aromatic heterocycles. The fraction of sp³-hybridized carbons (Fsp3) is 0.294. The summed E-state index contributed by atoms with van der Waals surface area (Å²) in [7, 11) is 2.82. The third-order valence-corrected chi connectivity index (χ3v) is 4.07. The minimum atomic E-state index is -0.750. The topological polar surface area (TPSA) is 106 Å². The molecular weight excluding hydrogens is 316 g/mol. The maximum atomic E-state index is 12.4. The minimum Gasteiger partial charge on any atom is -0.507 e. The number of carbonyl (C=O) groups is 1. The van der Waals surface area contributed by atoms with Gasteiger partial charge in [0.15, 0.2) is 17.3 Å². The van der Waals surface area contributed by atoms with Gasteiger partial charge < -0.3 is 24.1 Å². The highest BCUT2D eigenvalue weighted by molar-refractivity contribution is 5.95. The van der Waals surface area contributed by atoms with E-state index in [0.29, 0.717) is 12.2 Å². The van der Waals surface area contributed by atoms with Gasteiger partial charge in [0, 0.05) is 24.5 Å². The summed E-state index contributed by atoms with van der Waals surface area (Å²) in [5.74, 6) is -1.09. The number of phenols is 1. The molecule has 7 nitrogen and oxygen atoms in total. The van der Waals surface area contributed by atoms with Gasteiger partial charge in [-0.1, -0.05) is 0 Å². The molecule has 1 aromatic carbocycles. The number of ketones is 1. The van der Waals surface area contributed by atoms with Gasteiger partial charge in [-0.25, -0.2) is 0 Å². The quantitative estimate of drug-likeness (QED) is 0.887. The van der Waals surface area contributed by atoms with E-state index in [1.165, 1.54) is 26.4 Å². The van der Waals surface area contributed by atoms with Gasteiger partial charge in [0.2, 0.25) is 11.2 Å². The zero-order valence-electron chi connectivity index (χ0n) is 13.2. The number of ether oxygens (including phenoxy) is 2. The van der Waals surface area contributed by atoms with E-state index in [-0.39, 0.29) is 40.4 Å². The molecule has 0 fully saturated rings. The number of hydrogen-bond acceptors (Lipinski definition) is 7. The molecule has 0 bridgehead atoms. The molecule has 0 saturated carbocycles. The van der Waals surface area contributed by atoms with Gasteiger partial charge in [-0.3, -0.25) is 9.59 Å². The molecule has 1 heterocycles. The number of allylic oxidation sites excluding steroid dienone is 2. The summed E-state index contributed by atoms with van der Waals surface area (Å²) in [6, 6.07) is 2.70. The number of aromatic hydroxyl groups is 2. The van der Waals surface area contributed by atoms with Gasteiger partial charge in [0.05, 0.1) is 14.2 Å². The van der Waals surface area contributed by atoms with Crippen LogP contribution in [0, 0.1) is 0 Å². The van der Waals surface area contributed by atoms with Crippen molar-refractivity contribution >= 4 is 16.8 Å². The first-order valence-electron chi connectivity index (χ1n) is 7.30. The Hall–Kier alpha value is -2.96. The van der Waals surface area contributed by atoms with Crippen molar-refractivity contribution in [3.63, 3.8) is 0 Å². The molecule has 0 aliphatic heterocycles. The molecule has 126 valence electrons. The molecule has 1 aliphatic rings. The Bertz CT molecular complexity index is 907. The van der Waals surface area contributed by atoms with Gasteiger partial charge in [-0.05, 0) is 12.5 Å². The SMILES string of the molecule is COC1=CC[C@H](c2oc3cc(OC)cc(O)c3c(=O)c2O)CC1=O. The second-order valence-corrected chi connectivity index (χ2v) is 5.50. The van der Waals surface area contributed by atoms with Crippen LogP contribution in [0.2, 0.25) is 0 Å². The second-order valence-electron chi connectivity index (χ2n) is 5.50. The molecule has 0 radical (unpaired) electrons. The van der Waals surface area contributed by atoms with Crippen molar-refractivity contribution in [2.24, 2.45) is 0 Å². The van der Waals surface area contributed by atoms with E-state index in [4.69, 9.17) is 13.9 Å². The summed E-state index contributed by atoms with van der Waals surface area (Å²) < 4.78 is 15.6. The molecule has 2 aromatic rings. The Morgan fingerprint density at radius 3 is 2.54 bits per heavy atom. The maximum absolute atomic E-state index is 12.4. The Kier molecular flexibility index (Phi) is 3.92. The fourth-order valence-electron chi connectivity index (χ4n) is 2.84. The highest BCUT2D eigenvalue weighted by atomic mass is 16.5. The molecule has 2 N–H and O–H groups in total. The van der Waals surface area contributed by atoms with E-state index in [2.05, 4.69) is 0 Å². The van der Waals surface area contributed by atoms with Crippen LogP contribution in [0.4, 0.5) is 0 Å². The van der Waals surface area contributed by atoms with Gasteiger partial charge in [-0.15, -0.1) is 0 Å². The highest BCUT2D eigenvalue weighted by Crippen LogP contribution is 2.38. The number of fused-ring (bicyclic) bond motifs is 1. The van der Waals surface area contributed by atoms with Crippen molar-refractivity contribution in [3.8, 4) is 17.2 Å². The number of rotatable bonds is 3.